The molecule has 78 valence electrons. The number of halogens is 1. The van der Waals surface area contributed by atoms with Gasteiger partial charge in [0, 0.05) is 42.0 Å². The Balaban J connectivity index is 2.07. The predicted octanol–water partition coefficient (Wildman–Crippen LogP) is 1.69. The lowest BCUT2D eigenvalue weighted by molar-refractivity contribution is 0.764. The molecule has 2 aliphatic rings. The van der Waals surface area contributed by atoms with Crippen molar-refractivity contribution >= 4 is 28.7 Å². The molecule has 15 heavy (non-hydrogen) atoms. The molecule has 4 nitrogen and oxygen atoms in total. The van der Waals surface area contributed by atoms with Gasteiger partial charge in [0.1, 0.15) is 5.82 Å². The number of hydrogen-bond donors (Lipinski definition) is 3. The molecule has 5 heteroatoms. The lowest BCUT2D eigenvalue weighted by atomic mass is 9.98. The highest BCUT2D eigenvalue weighted by molar-refractivity contribution is 6.49. The third-order valence-corrected chi connectivity index (χ3v) is 3.11. The fourth-order valence-corrected chi connectivity index (χ4v) is 2.29. The monoisotopic (exact) mass is 222 g/mol. The van der Waals surface area contributed by atoms with E-state index in [0.717, 1.165) is 29.5 Å². The minimum Gasteiger partial charge on any atom is -0.368 e. The van der Waals surface area contributed by atoms with Crippen molar-refractivity contribution in [3.63, 3.8) is 0 Å². The zero-order valence-corrected chi connectivity index (χ0v) is 8.80. The van der Waals surface area contributed by atoms with Gasteiger partial charge in [0.25, 0.3) is 0 Å². The largest absolute Gasteiger partial charge is 0.368 e. The van der Waals surface area contributed by atoms with Crippen molar-refractivity contribution in [3.8, 4) is 0 Å². The van der Waals surface area contributed by atoms with Gasteiger partial charge in [-0.2, -0.15) is 5.10 Å². The Kier molecular flexibility index (Phi) is 1.95. The molecule has 3 rings (SSSR count). The zero-order chi connectivity index (χ0) is 10.3. The molecule has 2 aliphatic heterocycles. The standard InChI is InChI=1S/C10H11ClN4/c11-8-1-2-12-10-9(8)7(5-13-10)6-3-14-15-4-6/h1,3,5-6,12-13,15H,2,4H2. The summed E-state index contributed by atoms with van der Waals surface area (Å²) >= 11 is 6.21. The van der Waals surface area contributed by atoms with E-state index in [0.29, 0.717) is 5.92 Å². The quantitative estimate of drug-likeness (QED) is 0.678. The molecule has 0 saturated heterocycles. The van der Waals surface area contributed by atoms with Crippen LogP contribution in [0.25, 0.3) is 5.03 Å². The highest BCUT2D eigenvalue weighted by Crippen LogP contribution is 2.36. The van der Waals surface area contributed by atoms with Crippen LogP contribution >= 0.6 is 11.6 Å². The summed E-state index contributed by atoms with van der Waals surface area (Å²) in [5.41, 5.74) is 5.24. The van der Waals surface area contributed by atoms with E-state index >= 15 is 0 Å². The number of hydrazone groups is 1. The van der Waals surface area contributed by atoms with Crippen LogP contribution in [0.1, 0.15) is 17.0 Å². The normalized spacial score (nSPS) is 23.0. The average molecular weight is 223 g/mol. The fraction of sp³-hybridized carbons (Fsp3) is 0.300. The zero-order valence-electron chi connectivity index (χ0n) is 8.05. The van der Waals surface area contributed by atoms with Gasteiger partial charge in [0.05, 0.1) is 0 Å². The van der Waals surface area contributed by atoms with Gasteiger partial charge in [0.15, 0.2) is 0 Å². The Morgan fingerprint density at radius 1 is 1.47 bits per heavy atom. The van der Waals surface area contributed by atoms with Crippen LogP contribution in [0.3, 0.4) is 0 Å². The molecule has 0 aliphatic carbocycles. The summed E-state index contributed by atoms with van der Waals surface area (Å²) in [5.74, 6) is 1.32. The highest BCUT2D eigenvalue weighted by atomic mass is 35.5. The molecular formula is C10H11ClN4. The lowest BCUT2D eigenvalue weighted by Crippen LogP contribution is -2.11. The molecular weight excluding hydrogens is 212 g/mol. The molecule has 3 heterocycles. The van der Waals surface area contributed by atoms with E-state index in [9.17, 15) is 0 Å². The molecule has 0 fully saturated rings. The summed E-state index contributed by atoms with van der Waals surface area (Å²) in [4.78, 5) is 3.21. The van der Waals surface area contributed by atoms with Crippen LogP contribution in [0.4, 0.5) is 5.82 Å². The lowest BCUT2D eigenvalue weighted by Gasteiger charge is -2.14. The maximum Gasteiger partial charge on any atom is 0.112 e. The van der Waals surface area contributed by atoms with Crippen LogP contribution in [0, 0.1) is 0 Å². The van der Waals surface area contributed by atoms with E-state index < -0.39 is 0 Å². The Morgan fingerprint density at radius 3 is 3.20 bits per heavy atom. The average Bonchev–Trinajstić information content (AvgIpc) is 2.85. The smallest absolute Gasteiger partial charge is 0.112 e. The van der Waals surface area contributed by atoms with Crippen LogP contribution in [0.15, 0.2) is 17.4 Å². The van der Waals surface area contributed by atoms with E-state index in [2.05, 4.69) is 20.8 Å². The summed E-state index contributed by atoms with van der Waals surface area (Å²) < 4.78 is 0. The summed E-state index contributed by atoms with van der Waals surface area (Å²) in [5, 5.41) is 8.10. The van der Waals surface area contributed by atoms with E-state index in [1.807, 2.05) is 18.5 Å². The van der Waals surface area contributed by atoms with Crippen molar-refractivity contribution in [2.75, 3.05) is 18.4 Å². The number of aromatic nitrogens is 1. The molecule has 0 aromatic carbocycles. The summed E-state index contributed by atoms with van der Waals surface area (Å²) in [6, 6.07) is 0. The van der Waals surface area contributed by atoms with Gasteiger partial charge in [0.2, 0.25) is 0 Å². The Morgan fingerprint density at radius 2 is 2.40 bits per heavy atom. The van der Waals surface area contributed by atoms with E-state index in [-0.39, 0.29) is 0 Å². The molecule has 0 amide bonds. The Hall–Kier alpha value is -1.42. The number of anilines is 1. The number of hydrogen-bond acceptors (Lipinski definition) is 3. The number of fused-ring (bicyclic) bond motifs is 1. The van der Waals surface area contributed by atoms with Crippen molar-refractivity contribution in [1.29, 1.82) is 0 Å². The SMILES string of the molecule is ClC1=CCNc2[nH]cc(C3C=NNC3)c21. The fourth-order valence-electron chi connectivity index (χ4n) is 2.01. The molecule has 0 spiro atoms. The van der Waals surface area contributed by atoms with Gasteiger partial charge in [-0.05, 0) is 11.6 Å². The van der Waals surface area contributed by atoms with E-state index in [4.69, 9.17) is 11.6 Å². The van der Waals surface area contributed by atoms with Crippen LogP contribution < -0.4 is 10.7 Å². The Labute approximate surface area is 92.4 Å². The van der Waals surface area contributed by atoms with E-state index in [1.165, 1.54) is 5.56 Å². The van der Waals surface area contributed by atoms with Crippen molar-refractivity contribution in [2.24, 2.45) is 5.10 Å². The topological polar surface area (TPSA) is 52.2 Å². The molecule has 1 atom stereocenters. The summed E-state index contributed by atoms with van der Waals surface area (Å²) in [6.45, 7) is 1.62. The van der Waals surface area contributed by atoms with Gasteiger partial charge in [-0.1, -0.05) is 11.6 Å². The van der Waals surface area contributed by atoms with Gasteiger partial charge in [-0.15, -0.1) is 0 Å². The minimum atomic E-state index is 0.312. The number of rotatable bonds is 1. The first-order valence-corrected chi connectivity index (χ1v) is 5.31. The minimum absolute atomic E-state index is 0.312. The molecule has 1 unspecified atom stereocenters. The second kappa shape index (κ2) is 3.31. The van der Waals surface area contributed by atoms with Gasteiger partial charge in [-0.3, -0.25) is 0 Å². The summed E-state index contributed by atoms with van der Waals surface area (Å²) in [7, 11) is 0. The number of nitrogens with zero attached hydrogens (tertiary/aromatic N) is 1. The number of H-pyrrole nitrogens is 1. The molecule has 0 bridgehead atoms. The van der Waals surface area contributed by atoms with E-state index in [1.54, 1.807) is 0 Å². The molecule has 1 aromatic rings. The molecule has 1 aromatic heterocycles. The first-order valence-electron chi connectivity index (χ1n) is 4.93. The Bertz CT molecular complexity index is 446. The number of aromatic amines is 1. The maximum absolute atomic E-state index is 6.21. The first kappa shape index (κ1) is 8.85. The van der Waals surface area contributed by atoms with Crippen molar-refractivity contribution < 1.29 is 0 Å². The van der Waals surface area contributed by atoms with Crippen LogP contribution in [-0.4, -0.2) is 24.3 Å². The van der Waals surface area contributed by atoms with Crippen LogP contribution in [-0.2, 0) is 0 Å². The third-order valence-electron chi connectivity index (χ3n) is 2.77. The predicted molar refractivity (Wildman–Crippen MR) is 62.3 cm³/mol. The van der Waals surface area contributed by atoms with Crippen molar-refractivity contribution in [2.45, 2.75) is 5.92 Å². The van der Waals surface area contributed by atoms with Crippen LogP contribution in [0.2, 0.25) is 0 Å². The van der Waals surface area contributed by atoms with Crippen molar-refractivity contribution in [3.05, 3.63) is 23.4 Å². The number of nitrogens with one attached hydrogen (secondary N) is 3. The second-order valence-electron chi connectivity index (χ2n) is 3.67. The van der Waals surface area contributed by atoms with Crippen LogP contribution in [0.5, 0.6) is 0 Å². The highest BCUT2D eigenvalue weighted by Gasteiger charge is 2.23. The summed E-state index contributed by atoms with van der Waals surface area (Å²) in [6.07, 6.45) is 5.91. The maximum atomic E-state index is 6.21. The third kappa shape index (κ3) is 1.33. The van der Waals surface area contributed by atoms with Gasteiger partial charge < -0.3 is 15.7 Å². The first-order chi connectivity index (χ1) is 7.36. The van der Waals surface area contributed by atoms with Gasteiger partial charge >= 0.3 is 0 Å². The molecule has 3 N–H and O–H groups in total. The van der Waals surface area contributed by atoms with Crippen molar-refractivity contribution in [1.82, 2.24) is 10.4 Å². The molecule has 0 radical (unpaired) electrons. The van der Waals surface area contributed by atoms with Gasteiger partial charge in [-0.25, -0.2) is 0 Å². The molecule has 0 saturated carbocycles. The second-order valence-corrected chi connectivity index (χ2v) is 4.08.